The van der Waals surface area contributed by atoms with Crippen LogP contribution in [0.3, 0.4) is 0 Å². The molecule has 2 heterocycles. The lowest BCUT2D eigenvalue weighted by Crippen LogP contribution is -2.30. The Morgan fingerprint density at radius 1 is 1.18 bits per heavy atom. The van der Waals surface area contributed by atoms with Crippen molar-refractivity contribution in [2.75, 3.05) is 5.32 Å². The highest BCUT2D eigenvalue weighted by molar-refractivity contribution is 7.98. The summed E-state index contributed by atoms with van der Waals surface area (Å²) in [4.78, 5) is 17.7. The summed E-state index contributed by atoms with van der Waals surface area (Å²) in [5.74, 6) is 0.660. The van der Waals surface area contributed by atoms with Crippen molar-refractivity contribution in [2.24, 2.45) is 0 Å². The number of esters is 1. The van der Waals surface area contributed by atoms with Gasteiger partial charge >= 0.3 is 5.97 Å². The standard InChI is InChI=1S/C23H21Cl3N4O2S/c1-12(2)32-21(31)19-13(3)27-22-28-23(33-11-14-6-4-5-7-17(14)25)29-30(22)20(19)16-9-8-15(24)10-18(16)26/h4-10,12,20H,11H2,1-3H3,(H,27,28,29). The predicted octanol–water partition coefficient (Wildman–Crippen LogP) is 6.77. The van der Waals surface area contributed by atoms with Gasteiger partial charge in [-0.15, -0.1) is 5.10 Å². The number of halogens is 3. The number of aromatic nitrogens is 3. The highest BCUT2D eigenvalue weighted by atomic mass is 35.5. The Bertz CT molecular complexity index is 1240. The third-order valence-electron chi connectivity index (χ3n) is 4.97. The number of fused-ring (bicyclic) bond motifs is 1. The van der Waals surface area contributed by atoms with Gasteiger partial charge in [0, 0.05) is 32.1 Å². The topological polar surface area (TPSA) is 69.0 Å². The zero-order chi connectivity index (χ0) is 23.7. The van der Waals surface area contributed by atoms with Crippen LogP contribution in [0.1, 0.15) is 37.9 Å². The molecule has 1 atom stereocenters. The van der Waals surface area contributed by atoms with Gasteiger partial charge in [0.15, 0.2) is 0 Å². The first-order chi connectivity index (χ1) is 15.7. The fraction of sp³-hybridized carbons (Fsp3) is 0.261. The molecule has 1 N–H and O–H groups in total. The molecule has 1 aliphatic rings. The average Bonchev–Trinajstić information content (AvgIpc) is 3.14. The van der Waals surface area contributed by atoms with E-state index in [0.29, 0.717) is 48.8 Å². The maximum Gasteiger partial charge on any atom is 0.338 e. The van der Waals surface area contributed by atoms with E-state index in [9.17, 15) is 4.79 Å². The van der Waals surface area contributed by atoms with Crippen LogP contribution in [-0.2, 0) is 15.3 Å². The van der Waals surface area contributed by atoms with Gasteiger partial charge in [-0.1, -0.05) is 70.8 Å². The molecule has 1 aliphatic heterocycles. The van der Waals surface area contributed by atoms with E-state index < -0.39 is 12.0 Å². The van der Waals surface area contributed by atoms with Crippen molar-refractivity contribution in [1.29, 1.82) is 0 Å². The molecule has 4 rings (SSSR count). The fourth-order valence-electron chi connectivity index (χ4n) is 3.50. The van der Waals surface area contributed by atoms with Gasteiger partial charge in [-0.3, -0.25) is 0 Å². The molecular weight excluding hydrogens is 503 g/mol. The molecule has 0 radical (unpaired) electrons. The van der Waals surface area contributed by atoms with Gasteiger partial charge in [0.1, 0.15) is 6.04 Å². The van der Waals surface area contributed by atoms with Crippen molar-refractivity contribution in [1.82, 2.24) is 14.8 Å². The molecule has 1 unspecified atom stereocenters. The summed E-state index contributed by atoms with van der Waals surface area (Å²) >= 11 is 20.4. The van der Waals surface area contributed by atoms with Crippen molar-refractivity contribution in [3.8, 4) is 0 Å². The minimum absolute atomic E-state index is 0.280. The van der Waals surface area contributed by atoms with Gasteiger partial charge in [-0.25, -0.2) is 9.48 Å². The predicted molar refractivity (Wildman–Crippen MR) is 133 cm³/mol. The number of rotatable bonds is 6. The Morgan fingerprint density at radius 3 is 2.64 bits per heavy atom. The largest absolute Gasteiger partial charge is 0.459 e. The van der Waals surface area contributed by atoms with Crippen LogP contribution in [0.5, 0.6) is 0 Å². The molecule has 0 aliphatic carbocycles. The Morgan fingerprint density at radius 2 is 1.94 bits per heavy atom. The van der Waals surface area contributed by atoms with E-state index in [1.54, 1.807) is 36.7 Å². The number of benzene rings is 2. The number of nitrogens with zero attached hydrogens (tertiary/aromatic N) is 3. The molecule has 6 nitrogen and oxygen atoms in total. The van der Waals surface area contributed by atoms with Crippen molar-refractivity contribution < 1.29 is 9.53 Å². The van der Waals surface area contributed by atoms with Gasteiger partial charge in [0.05, 0.1) is 11.7 Å². The Balaban J connectivity index is 1.74. The highest BCUT2D eigenvalue weighted by Gasteiger charge is 2.36. The van der Waals surface area contributed by atoms with Crippen molar-refractivity contribution in [2.45, 2.75) is 43.8 Å². The van der Waals surface area contributed by atoms with E-state index in [1.807, 2.05) is 31.2 Å². The zero-order valence-corrected chi connectivity index (χ0v) is 21.2. The number of carbonyl (C=O) groups is 1. The Hall–Kier alpha value is -2.19. The van der Waals surface area contributed by atoms with E-state index in [1.165, 1.54) is 11.8 Å². The number of thioether (sulfide) groups is 1. The van der Waals surface area contributed by atoms with E-state index in [0.717, 1.165) is 5.56 Å². The van der Waals surface area contributed by atoms with Gasteiger partial charge in [0.25, 0.3) is 0 Å². The lowest BCUT2D eigenvalue weighted by atomic mass is 9.95. The Kier molecular flexibility index (Phi) is 7.24. The maximum atomic E-state index is 13.1. The van der Waals surface area contributed by atoms with Gasteiger partial charge in [0.2, 0.25) is 11.1 Å². The fourth-order valence-corrected chi connectivity index (χ4v) is 5.13. The second-order valence-electron chi connectivity index (χ2n) is 7.73. The first kappa shape index (κ1) is 24.0. The second kappa shape index (κ2) is 9.97. The van der Waals surface area contributed by atoms with Crippen LogP contribution >= 0.6 is 46.6 Å². The Labute approximate surface area is 211 Å². The van der Waals surface area contributed by atoms with E-state index in [-0.39, 0.29) is 6.10 Å². The first-order valence-corrected chi connectivity index (χ1v) is 12.3. The second-order valence-corrected chi connectivity index (χ2v) is 9.92. The lowest BCUT2D eigenvalue weighted by molar-refractivity contribution is -0.143. The molecule has 0 saturated carbocycles. The third-order valence-corrected chi connectivity index (χ3v) is 6.79. The number of hydrogen-bond acceptors (Lipinski definition) is 6. The molecule has 0 spiro atoms. The molecule has 3 aromatic rings. The summed E-state index contributed by atoms with van der Waals surface area (Å²) < 4.78 is 7.19. The smallest absolute Gasteiger partial charge is 0.338 e. The number of hydrogen-bond donors (Lipinski definition) is 1. The van der Waals surface area contributed by atoms with Crippen LogP contribution in [0.2, 0.25) is 15.1 Å². The summed E-state index contributed by atoms with van der Waals surface area (Å²) in [5, 5.41) is 10.0. The molecule has 1 aromatic heterocycles. The van der Waals surface area contributed by atoms with Crippen LogP contribution in [0, 0.1) is 0 Å². The first-order valence-electron chi connectivity index (χ1n) is 10.2. The van der Waals surface area contributed by atoms with Gasteiger partial charge < -0.3 is 10.1 Å². The highest BCUT2D eigenvalue weighted by Crippen LogP contribution is 2.40. The molecular formula is C23H21Cl3N4O2S. The summed E-state index contributed by atoms with van der Waals surface area (Å²) in [6.07, 6.45) is -0.280. The van der Waals surface area contributed by atoms with Crippen LogP contribution in [0.15, 0.2) is 58.9 Å². The van der Waals surface area contributed by atoms with Crippen LogP contribution in [-0.4, -0.2) is 26.8 Å². The normalized spacial score (nSPS) is 15.4. The zero-order valence-electron chi connectivity index (χ0n) is 18.1. The molecule has 172 valence electrons. The van der Waals surface area contributed by atoms with Crippen LogP contribution in [0.4, 0.5) is 5.95 Å². The average molecular weight is 524 g/mol. The third kappa shape index (κ3) is 5.17. The summed E-state index contributed by atoms with van der Waals surface area (Å²) in [7, 11) is 0. The molecule has 10 heteroatoms. The molecule has 0 fully saturated rings. The lowest BCUT2D eigenvalue weighted by Gasteiger charge is -2.29. The number of anilines is 1. The molecule has 0 bridgehead atoms. The van der Waals surface area contributed by atoms with Crippen LogP contribution in [0.25, 0.3) is 0 Å². The quantitative estimate of drug-likeness (QED) is 0.284. The maximum absolute atomic E-state index is 13.1. The molecule has 33 heavy (non-hydrogen) atoms. The van der Waals surface area contributed by atoms with E-state index in [2.05, 4.69) is 10.3 Å². The summed E-state index contributed by atoms with van der Waals surface area (Å²) in [5.41, 5.74) is 2.69. The van der Waals surface area contributed by atoms with E-state index in [4.69, 9.17) is 44.6 Å². The monoisotopic (exact) mass is 522 g/mol. The van der Waals surface area contributed by atoms with Gasteiger partial charge in [-0.05, 0) is 44.5 Å². The van der Waals surface area contributed by atoms with Gasteiger partial charge in [-0.2, -0.15) is 4.98 Å². The summed E-state index contributed by atoms with van der Waals surface area (Å²) in [6, 6.07) is 12.2. The van der Waals surface area contributed by atoms with Crippen molar-refractivity contribution >= 4 is 58.5 Å². The molecule has 0 saturated heterocycles. The van der Waals surface area contributed by atoms with Crippen LogP contribution < -0.4 is 5.32 Å². The van der Waals surface area contributed by atoms with Crippen molar-refractivity contribution in [3.63, 3.8) is 0 Å². The minimum atomic E-state index is -0.626. The number of carbonyl (C=O) groups excluding carboxylic acids is 1. The SMILES string of the molecule is CC1=C(C(=O)OC(C)C)C(c2ccc(Cl)cc2Cl)n2nc(SCc3ccccc3Cl)nc2N1. The van der Waals surface area contributed by atoms with E-state index >= 15 is 0 Å². The molecule has 2 aromatic carbocycles. The number of nitrogens with one attached hydrogen (secondary N) is 1. The number of allylic oxidation sites excluding steroid dienone is 1. The number of ether oxygens (including phenoxy) is 1. The molecule has 0 amide bonds. The minimum Gasteiger partial charge on any atom is -0.459 e. The van der Waals surface area contributed by atoms with Crippen molar-refractivity contribution in [3.05, 3.63) is 79.9 Å². The summed E-state index contributed by atoms with van der Waals surface area (Å²) in [6.45, 7) is 5.42.